The molecule has 0 aliphatic carbocycles. The first-order valence-electron chi connectivity index (χ1n) is 6.73. The topological polar surface area (TPSA) is 9.23 Å². The Morgan fingerprint density at radius 3 is 2.56 bits per heavy atom. The minimum atomic E-state index is 0.263. The van der Waals surface area contributed by atoms with Crippen molar-refractivity contribution in [3.63, 3.8) is 0 Å². The van der Waals surface area contributed by atoms with E-state index in [4.69, 9.17) is 4.74 Å². The molecule has 1 atom stereocenters. The molecule has 0 aliphatic rings. The molecule has 1 nitrogen and oxygen atoms in total. The fourth-order valence-electron chi connectivity index (χ4n) is 1.74. The van der Waals surface area contributed by atoms with Crippen molar-refractivity contribution in [1.29, 1.82) is 0 Å². The molecule has 0 fully saturated rings. The van der Waals surface area contributed by atoms with Gasteiger partial charge in [-0.15, -0.1) is 0 Å². The summed E-state index contributed by atoms with van der Waals surface area (Å²) < 4.78 is 7.10. The van der Waals surface area contributed by atoms with Crippen molar-refractivity contribution < 1.29 is 4.74 Å². The van der Waals surface area contributed by atoms with Crippen LogP contribution in [0.1, 0.15) is 40.0 Å². The number of hydrogen-bond acceptors (Lipinski definition) is 1. The van der Waals surface area contributed by atoms with E-state index in [1.165, 1.54) is 23.7 Å². The maximum absolute atomic E-state index is 5.38. The molecule has 0 radical (unpaired) electrons. The van der Waals surface area contributed by atoms with Crippen LogP contribution in [0.5, 0.6) is 0 Å². The number of ether oxygens (including phenoxy) is 1. The molecule has 0 spiro atoms. The number of unbranched alkanes of at least 4 members (excludes halogenated alkanes) is 1. The van der Waals surface area contributed by atoms with Crippen LogP contribution in [0.15, 0.2) is 42.7 Å². The van der Waals surface area contributed by atoms with Gasteiger partial charge in [-0.2, -0.15) is 0 Å². The van der Waals surface area contributed by atoms with Crippen molar-refractivity contribution in [2.24, 2.45) is 0 Å². The van der Waals surface area contributed by atoms with Crippen LogP contribution < -0.4 is 4.46 Å². The first-order valence-corrected chi connectivity index (χ1v) is 8.45. The summed E-state index contributed by atoms with van der Waals surface area (Å²) in [6.45, 7) is 7.38. The number of hydrogen-bond donors (Lipinski definition) is 0. The summed E-state index contributed by atoms with van der Waals surface area (Å²) in [5.74, 6) is 0. The van der Waals surface area contributed by atoms with Crippen LogP contribution in [-0.4, -0.2) is 21.6 Å². The van der Waals surface area contributed by atoms with Crippen LogP contribution in [0, 0.1) is 0 Å². The van der Waals surface area contributed by atoms with E-state index in [2.05, 4.69) is 50.3 Å². The Labute approximate surface area is 118 Å². The van der Waals surface area contributed by atoms with E-state index in [0.717, 1.165) is 6.61 Å². The van der Waals surface area contributed by atoms with Gasteiger partial charge in [0.1, 0.15) is 0 Å². The average molecular weight is 311 g/mol. The fourth-order valence-corrected chi connectivity index (χ4v) is 4.26. The average Bonchev–Trinajstić information content (AvgIpc) is 2.38. The van der Waals surface area contributed by atoms with Crippen molar-refractivity contribution in [3.05, 3.63) is 42.7 Å². The van der Waals surface area contributed by atoms with Gasteiger partial charge >= 0.3 is 118 Å². The molecule has 18 heavy (non-hydrogen) atoms. The van der Waals surface area contributed by atoms with Crippen LogP contribution in [0.3, 0.4) is 0 Å². The first-order chi connectivity index (χ1) is 8.70. The Kier molecular flexibility index (Phi) is 7.15. The van der Waals surface area contributed by atoms with Gasteiger partial charge in [0.2, 0.25) is 0 Å². The quantitative estimate of drug-likeness (QED) is 0.522. The summed E-state index contributed by atoms with van der Waals surface area (Å²) in [5, 5.41) is 0. The molecule has 0 N–H and O–H groups in total. The second kappa shape index (κ2) is 8.39. The summed E-state index contributed by atoms with van der Waals surface area (Å²) in [7, 11) is 0. The van der Waals surface area contributed by atoms with E-state index < -0.39 is 0 Å². The molecule has 0 saturated carbocycles. The first kappa shape index (κ1) is 15.3. The third-order valence-electron chi connectivity index (χ3n) is 2.80. The summed E-state index contributed by atoms with van der Waals surface area (Å²) in [6, 6.07) is 10.8. The summed E-state index contributed by atoms with van der Waals surface area (Å²) >= 11 is 0.455. The zero-order valence-electron chi connectivity index (χ0n) is 11.7. The van der Waals surface area contributed by atoms with Gasteiger partial charge in [-0.05, 0) is 0 Å². The van der Waals surface area contributed by atoms with Gasteiger partial charge in [0.05, 0.1) is 0 Å². The molecular weight excluding hydrogens is 287 g/mol. The Morgan fingerprint density at radius 1 is 1.22 bits per heavy atom. The van der Waals surface area contributed by atoms with Gasteiger partial charge < -0.3 is 0 Å². The predicted octanol–water partition coefficient (Wildman–Crippen LogP) is 3.94. The second-order valence-electron chi connectivity index (χ2n) is 4.59. The zero-order chi connectivity index (χ0) is 13.3. The Morgan fingerprint density at radius 2 is 1.94 bits per heavy atom. The summed E-state index contributed by atoms with van der Waals surface area (Å²) in [6.07, 6.45) is 7.92. The predicted molar refractivity (Wildman–Crippen MR) is 80.5 cm³/mol. The molecule has 0 saturated heterocycles. The minimum absolute atomic E-state index is 0.263. The monoisotopic (exact) mass is 312 g/mol. The van der Waals surface area contributed by atoms with Gasteiger partial charge in [0, 0.05) is 0 Å². The molecule has 0 heterocycles. The van der Waals surface area contributed by atoms with Gasteiger partial charge in [-0.3, -0.25) is 0 Å². The van der Waals surface area contributed by atoms with E-state index in [1.807, 2.05) is 13.2 Å². The van der Waals surface area contributed by atoms with E-state index in [1.54, 1.807) is 0 Å². The van der Waals surface area contributed by atoms with Crippen LogP contribution >= 0.6 is 0 Å². The molecule has 2 heteroatoms. The van der Waals surface area contributed by atoms with Crippen molar-refractivity contribution >= 4 is 19.4 Å². The maximum atomic E-state index is 5.38. The van der Waals surface area contributed by atoms with Crippen LogP contribution in [-0.2, 0) is 4.74 Å². The molecule has 0 amide bonds. The fraction of sp³-hybridized carbons (Fsp3) is 0.500. The van der Waals surface area contributed by atoms with Gasteiger partial charge in [0.25, 0.3) is 0 Å². The van der Waals surface area contributed by atoms with Gasteiger partial charge in [0.15, 0.2) is 0 Å². The normalized spacial score (nSPS) is 14.6. The number of rotatable bonds is 8. The van der Waals surface area contributed by atoms with E-state index >= 15 is 0 Å². The third-order valence-corrected chi connectivity index (χ3v) is 5.56. The summed E-state index contributed by atoms with van der Waals surface area (Å²) in [4.78, 5) is 0. The zero-order valence-corrected chi connectivity index (χ0v) is 13.4. The van der Waals surface area contributed by atoms with Crippen molar-refractivity contribution in [2.75, 3.05) is 6.61 Å². The molecule has 1 aromatic carbocycles. The van der Waals surface area contributed by atoms with Gasteiger partial charge in [-0.1, -0.05) is 0 Å². The van der Waals surface area contributed by atoms with E-state index in [9.17, 15) is 0 Å². The molecule has 100 valence electrons. The Hall–Kier alpha value is -0.721. The molecule has 1 rings (SSSR count). The molecule has 0 aromatic heterocycles. The number of benzene rings is 1. The van der Waals surface area contributed by atoms with E-state index in [0.29, 0.717) is 15.0 Å². The molecule has 0 bridgehead atoms. The standard InChI is InChI=1S/C16H24OSe/c1-4-6-12-16(3,13-14-17-5-2)18-15-10-8-7-9-11-15/h7-11,13-14H,4-6,12H2,1-3H3/b14-13+. The molecular formula is C16H24OSe. The van der Waals surface area contributed by atoms with Crippen LogP contribution in [0.25, 0.3) is 0 Å². The molecule has 0 aliphatic heterocycles. The van der Waals surface area contributed by atoms with E-state index in [-0.39, 0.29) is 4.31 Å². The van der Waals surface area contributed by atoms with Crippen molar-refractivity contribution in [2.45, 2.75) is 44.3 Å². The van der Waals surface area contributed by atoms with Gasteiger partial charge in [-0.25, -0.2) is 0 Å². The summed E-state index contributed by atoms with van der Waals surface area (Å²) in [5.41, 5.74) is 0. The molecule has 1 unspecified atom stereocenters. The van der Waals surface area contributed by atoms with Crippen molar-refractivity contribution in [3.8, 4) is 0 Å². The van der Waals surface area contributed by atoms with Crippen LogP contribution in [0.2, 0.25) is 4.31 Å². The Bertz CT molecular complexity index is 347. The Balaban J connectivity index is 2.70. The number of allylic oxidation sites excluding steroid dienone is 1. The molecule has 1 aromatic rings. The second-order valence-corrected chi connectivity index (χ2v) is 7.96. The van der Waals surface area contributed by atoms with Crippen molar-refractivity contribution in [1.82, 2.24) is 0 Å². The SMILES string of the molecule is CCCCC(C)(/C=C/OCC)[Se]c1ccccc1. The van der Waals surface area contributed by atoms with Crippen LogP contribution in [0.4, 0.5) is 0 Å². The third kappa shape index (κ3) is 5.75.